The average molecular weight is 164 g/mol. The molecule has 0 amide bonds. The maximum absolute atomic E-state index is 10.4. The van der Waals surface area contributed by atoms with E-state index >= 15 is 0 Å². The van der Waals surface area contributed by atoms with Gasteiger partial charge in [-0.1, -0.05) is 25.3 Å². The van der Waals surface area contributed by atoms with Crippen molar-refractivity contribution in [1.29, 1.82) is 0 Å². The maximum atomic E-state index is 10.4. The lowest BCUT2D eigenvalue weighted by atomic mass is 10.1. The predicted molar refractivity (Wildman–Crippen MR) is 49.9 cm³/mol. The van der Waals surface area contributed by atoms with Crippen molar-refractivity contribution in [3.63, 3.8) is 0 Å². The van der Waals surface area contributed by atoms with Gasteiger partial charge < -0.3 is 0 Å². The number of thiophene rings is 1. The van der Waals surface area contributed by atoms with Gasteiger partial charge in [0.15, 0.2) is 6.29 Å². The molecule has 2 heteroatoms. The fraction of sp³-hybridized carbons (Fsp3) is 0. The Morgan fingerprint density at radius 1 is 1.36 bits per heavy atom. The second-order valence-corrected chi connectivity index (χ2v) is 2.91. The second-order valence-electron chi connectivity index (χ2n) is 2.00. The Kier molecular flexibility index (Phi) is 2.39. The largest absolute Gasteiger partial charge is 0.298 e. The fourth-order valence-electron chi connectivity index (χ4n) is 0.864. The lowest BCUT2D eigenvalue weighted by Gasteiger charge is -1.89. The zero-order valence-corrected chi connectivity index (χ0v) is 6.86. The van der Waals surface area contributed by atoms with Crippen LogP contribution in [0.3, 0.4) is 0 Å². The summed E-state index contributed by atoms with van der Waals surface area (Å²) in [6.07, 6.45) is 4.24. The highest BCUT2D eigenvalue weighted by Crippen LogP contribution is 2.23. The quantitative estimate of drug-likeness (QED) is 0.628. The molecule has 0 spiro atoms. The van der Waals surface area contributed by atoms with Crippen molar-refractivity contribution >= 4 is 29.8 Å². The molecule has 1 heterocycles. The Labute approximate surface area is 69.7 Å². The summed E-state index contributed by atoms with van der Waals surface area (Å²) >= 11 is 1.50. The SMILES string of the molecule is C=Cc1scc(C=O)c1C=C. The topological polar surface area (TPSA) is 17.1 Å². The van der Waals surface area contributed by atoms with Gasteiger partial charge in [0.2, 0.25) is 0 Å². The van der Waals surface area contributed by atoms with E-state index < -0.39 is 0 Å². The summed E-state index contributed by atoms with van der Waals surface area (Å²) in [5, 5.41) is 1.81. The summed E-state index contributed by atoms with van der Waals surface area (Å²) in [6, 6.07) is 0. The van der Waals surface area contributed by atoms with Crippen molar-refractivity contribution in [3.05, 3.63) is 34.5 Å². The summed E-state index contributed by atoms with van der Waals surface area (Å²) in [5.41, 5.74) is 1.58. The summed E-state index contributed by atoms with van der Waals surface area (Å²) in [4.78, 5) is 11.4. The monoisotopic (exact) mass is 164 g/mol. The molecule has 1 aromatic rings. The number of hydrogen-bond acceptors (Lipinski definition) is 2. The van der Waals surface area contributed by atoms with E-state index in [9.17, 15) is 4.79 Å². The molecular weight excluding hydrogens is 156 g/mol. The molecule has 0 fully saturated rings. The van der Waals surface area contributed by atoms with Crippen molar-refractivity contribution in [2.75, 3.05) is 0 Å². The van der Waals surface area contributed by atoms with Gasteiger partial charge in [0.25, 0.3) is 0 Å². The van der Waals surface area contributed by atoms with Gasteiger partial charge in [-0.25, -0.2) is 0 Å². The first-order chi connectivity index (χ1) is 5.33. The van der Waals surface area contributed by atoms with Crippen molar-refractivity contribution in [3.8, 4) is 0 Å². The Morgan fingerprint density at radius 3 is 2.55 bits per heavy atom. The van der Waals surface area contributed by atoms with E-state index in [1.165, 1.54) is 11.3 Å². The number of carbonyl (C=O) groups excluding carboxylic acids is 1. The second kappa shape index (κ2) is 3.30. The lowest BCUT2D eigenvalue weighted by Crippen LogP contribution is -1.78. The van der Waals surface area contributed by atoms with E-state index in [0.717, 1.165) is 16.7 Å². The van der Waals surface area contributed by atoms with Crippen LogP contribution in [0.1, 0.15) is 20.8 Å². The third-order valence-corrected chi connectivity index (χ3v) is 2.42. The van der Waals surface area contributed by atoms with Crippen LogP contribution in [-0.2, 0) is 0 Å². The molecule has 0 aromatic carbocycles. The first kappa shape index (κ1) is 7.95. The highest BCUT2D eigenvalue weighted by atomic mass is 32.1. The molecule has 0 aliphatic heterocycles. The van der Waals surface area contributed by atoms with Gasteiger partial charge in [0.1, 0.15) is 0 Å². The molecule has 1 aromatic heterocycles. The normalized spacial score (nSPS) is 9.09. The molecule has 11 heavy (non-hydrogen) atoms. The van der Waals surface area contributed by atoms with Gasteiger partial charge >= 0.3 is 0 Å². The van der Waals surface area contributed by atoms with Gasteiger partial charge in [-0.3, -0.25) is 4.79 Å². The first-order valence-electron chi connectivity index (χ1n) is 3.15. The summed E-state index contributed by atoms with van der Waals surface area (Å²) in [7, 11) is 0. The Bertz CT molecular complexity index is 271. The molecule has 0 bridgehead atoms. The molecule has 0 saturated carbocycles. The first-order valence-corrected chi connectivity index (χ1v) is 4.03. The molecule has 1 rings (SSSR count). The standard InChI is InChI=1S/C9H8OS/c1-3-8-7(5-10)6-11-9(8)4-2/h3-6H,1-2H2. The Balaban J connectivity index is 3.29. The molecule has 0 saturated heterocycles. The molecular formula is C9H8OS. The zero-order chi connectivity index (χ0) is 8.27. The van der Waals surface area contributed by atoms with E-state index in [1.54, 1.807) is 17.5 Å². The van der Waals surface area contributed by atoms with E-state index in [0.29, 0.717) is 5.56 Å². The average Bonchev–Trinajstić information content (AvgIpc) is 2.45. The van der Waals surface area contributed by atoms with Crippen LogP contribution in [0.5, 0.6) is 0 Å². The number of carbonyl (C=O) groups is 1. The van der Waals surface area contributed by atoms with Gasteiger partial charge in [-0.2, -0.15) is 0 Å². The van der Waals surface area contributed by atoms with Gasteiger partial charge in [-0.05, 0) is 0 Å². The van der Waals surface area contributed by atoms with Crippen LogP contribution in [0.25, 0.3) is 12.2 Å². The minimum atomic E-state index is 0.694. The molecule has 1 nitrogen and oxygen atoms in total. The molecule has 0 aliphatic carbocycles. The van der Waals surface area contributed by atoms with Crippen molar-refractivity contribution in [2.45, 2.75) is 0 Å². The highest BCUT2D eigenvalue weighted by Gasteiger charge is 2.03. The molecule has 0 unspecified atom stereocenters. The zero-order valence-electron chi connectivity index (χ0n) is 6.04. The van der Waals surface area contributed by atoms with Crippen molar-refractivity contribution in [2.24, 2.45) is 0 Å². The molecule has 56 valence electrons. The third-order valence-electron chi connectivity index (χ3n) is 1.41. The van der Waals surface area contributed by atoms with E-state index in [-0.39, 0.29) is 0 Å². The van der Waals surface area contributed by atoms with E-state index in [1.807, 2.05) is 0 Å². The van der Waals surface area contributed by atoms with Gasteiger partial charge in [-0.15, -0.1) is 11.3 Å². The van der Waals surface area contributed by atoms with E-state index in [4.69, 9.17) is 0 Å². The van der Waals surface area contributed by atoms with Crippen LogP contribution >= 0.6 is 11.3 Å². The van der Waals surface area contributed by atoms with E-state index in [2.05, 4.69) is 13.2 Å². The van der Waals surface area contributed by atoms with Crippen LogP contribution < -0.4 is 0 Å². The third kappa shape index (κ3) is 1.30. The minimum Gasteiger partial charge on any atom is -0.298 e. The molecule has 0 radical (unpaired) electrons. The van der Waals surface area contributed by atoms with Gasteiger partial charge in [0.05, 0.1) is 0 Å². The van der Waals surface area contributed by atoms with Gasteiger partial charge in [0, 0.05) is 21.4 Å². The van der Waals surface area contributed by atoms with Crippen molar-refractivity contribution in [1.82, 2.24) is 0 Å². The minimum absolute atomic E-state index is 0.694. The van der Waals surface area contributed by atoms with Crippen LogP contribution in [0.2, 0.25) is 0 Å². The van der Waals surface area contributed by atoms with Crippen LogP contribution in [-0.4, -0.2) is 6.29 Å². The molecule has 0 N–H and O–H groups in total. The molecule has 0 atom stereocenters. The Morgan fingerprint density at radius 2 is 2.09 bits per heavy atom. The maximum Gasteiger partial charge on any atom is 0.151 e. The summed E-state index contributed by atoms with van der Waals surface area (Å²) in [5.74, 6) is 0. The Hall–Kier alpha value is -1.15. The predicted octanol–water partition coefficient (Wildman–Crippen LogP) is 2.85. The van der Waals surface area contributed by atoms with Crippen LogP contribution in [0, 0.1) is 0 Å². The van der Waals surface area contributed by atoms with Crippen molar-refractivity contribution < 1.29 is 4.79 Å². The number of aldehydes is 1. The summed E-state index contributed by atoms with van der Waals surface area (Å²) < 4.78 is 0. The van der Waals surface area contributed by atoms with Crippen LogP contribution in [0.15, 0.2) is 18.5 Å². The number of hydrogen-bond donors (Lipinski definition) is 0. The smallest absolute Gasteiger partial charge is 0.151 e. The number of rotatable bonds is 3. The van der Waals surface area contributed by atoms with Crippen LogP contribution in [0.4, 0.5) is 0 Å². The fourth-order valence-corrected chi connectivity index (χ4v) is 1.72. The lowest BCUT2D eigenvalue weighted by molar-refractivity contribution is 0.112. The highest BCUT2D eigenvalue weighted by molar-refractivity contribution is 7.11. The summed E-state index contributed by atoms with van der Waals surface area (Å²) in [6.45, 7) is 7.25. The molecule has 0 aliphatic rings.